The molecule has 1 fully saturated rings. The Hall–Kier alpha value is -3.09. The van der Waals surface area contributed by atoms with Crippen molar-refractivity contribution in [3.05, 3.63) is 54.1 Å². The van der Waals surface area contributed by atoms with Crippen LogP contribution in [0.2, 0.25) is 0 Å². The molecule has 3 aromatic rings. The van der Waals surface area contributed by atoms with Crippen LogP contribution in [0.15, 0.2) is 62.7 Å². The van der Waals surface area contributed by atoms with Gasteiger partial charge in [0.2, 0.25) is 15.9 Å². The molecule has 0 saturated carbocycles. The number of anilines is 1. The zero-order chi connectivity index (χ0) is 25.2. The second kappa shape index (κ2) is 9.88. The van der Waals surface area contributed by atoms with E-state index in [1.165, 1.54) is 40.7 Å². The Labute approximate surface area is 204 Å². The fourth-order valence-electron chi connectivity index (χ4n) is 3.65. The molecule has 10 nitrogen and oxygen atoms in total. The smallest absolute Gasteiger partial charge is 0.322 e. The molecule has 0 unspecified atom stereocenters. The molecule has 4 rings (SSSR count). The quantitative estimate of drug-likeness (QED) is 0.502. The summed E-state index contributed by atoms with van der Waals surface area (Å²) >= 11 is 0. The molecule has 1 aromatic heterocycles. The Morgan fingerprint density at radius 2 is 1.49 bits per heavy atom. The van der Waals surface area contributed by atoms with Crippen molar-refractivity contribution in [3.63, 3.8) is 0 Å². The van der Waals surface area contributed by atoms with Crippen molar-refractivity contribution in [2.45, 2.75) is 48.2 Å². The standard InChI is InChI=1S/C23H26N4O6S2/c1-16(2)34(29,30)19-10-8-18(9-11-19)22-25-26-23(33-22)24-21(28)17-6-12-20(13-7-17)35(31,32)27-14-4-3-5-15-27/h6-13,16H,3-5,14-15H2,1-2H3,(H,24,26,28). The van der Waals surface area contributed by atoms with E-state index in [1.54, 1.807) is 26.0 Å². The number of nitrogens with one attached hydrogen (secondary N) is 1. The minimum atomic E-state index is -3.58. The van der Waals surface area contributed by atoms with E-state index < -0.39 is 31.0 Å². The molecule has 2 aromatic carbocycles. The number of amides is 1. The lowest BCUT2D eigenvalue weighted by atomic mass is 10.2. The normalized spacial score (nSPS) is 15.3. The lowest BCUT2D eigenvalue weighted by molar-refractivity contribution is 0.102. The van der Waals surface area contributed by atoms with E-state index in [9.17, 15) is 21.6 Å². The lowest BCUT2D eigenvalue weighted by Crippen LogP contribution is -2.35. The topological polar surface area (TPSA) is 140 Å². The first-order valence-electron chi connectivity index (χ1n) is 11.2. The van der Waals surface area contributed by atoms with Crippen LogP contribution in [-0.4, -0.2) is 55.6 Å². The molecule has 1 aliphatic rings. The van der Waals surface area contributed by atoms with E-state index in [0.29, 0.717) is 18.7 Å². The summed E-state index contributed by atoms with van der Waals surface area (Å²) in [6.45, 7) is 4.22. The van der Waals surface area contributed by atoms with Gasteiger partial charge in [-0.15, -0.1) is 5.10 Å². The first-order chi connectivity index (χ1) is 16.6. The van der Waals surface area contributed by atoms with Crippen molar-refractivity contribution >= 4 is 31.8 Å². The van der Waals surface area contributed by atoms with Gasteiger partial charge in [-0.2, -0.15) is 4.31 Å². The van der Waals surface area contributed by atoms with Crippen molar-refractivity contribution in [2.24, 2.45) is 0 Å². The molecular formula is C23H26N4O6S2. The zero-order valence-electron chi connectivity index (χ0n) is 19.3. The van der Waals surface area contributed by atoms with Crippen molar-refractivity contribution in [3.8, 4) is 11.5 Å². The van der Waals surface area contributed by atoms with Crippen LogP contribution in [0.1, 0.15) is 43.5 Å². The zero-order valence-corrected chi connectivity index (χ0v) is 21.0. The maximum Gasteiger partial charge on any atom is 0.322 e. The average molecular weight is 519 g/mol. The van der Waals surface area contributed by atoms with Gasteiger partial charge in [-0.1, -0.05) is 11.5 Å². The molecule has 0 bridgehead atoms. The molecular weight excluding hydrogens is 492 g/mol. The number of sulfonamides is 1. The molecule has 1 amide bonds. The molecule has 2 heterocycles. The van der Waals surface area contributed by atoms with Crippen LogP contribution in [0.5, 0.6) is 0 Å². The minimum Gasteiger partial charge on any atom is -0.403 e. The second-order valence-electron chi connectivity index (χ2n) is 8.47. The highest BCUT2D eigenvalue weighted by molar-refractivity contribution is 7.92. The number of hydrogen-bond donors (Lipinski definition) is 1. The van der Waals surface area contributed by atoms with Gasteiger partial charge in [0, 0.05) is 24.2 Å². The molecule has 1 saturated heterocycles. The Morgan fingerprint density at radius 3 is 2.09 bits per heavy atom. The summed E-state index contributed by atoms with van der Waals surface area (Å²) in [6, 6.07) is 11.6. The molecule has 0 spiro atoms. The van der Waals surface area contributed by atoms with Crippen LogP contribution in [0.25, 0.3) is 11.5 Å². The number of rotatable bonds is 7. The summed E-state index contributed by atoms with van der Waals surface area (Å²) in [6.07, 6.45) is 2.70. The molecule has 35 heavy (non-hydrogen) atoms. The largest absolute Gasteiger partial charge is 0.403 e. The first kappa shape index (κ1) is 25.0. The second-order valence-corrected chi connectivity index (χ2v) is 12.9. The molecule has 1 aliphatic heterocycles. The monoisotopic (exact) mass is 518 g/mol. The molecule has 0 radical (unpaired) electrons. The predicted molar refractivity (Wildman–Crippen MR) is 129 cm³/mol. The van der Waals surface area contributed by atoms with Gasteiger partial charge in [0.1, 0.15) is 0 Å². The van der Waals surface area contributed by atoms with Crippen molar-refractivity contribution in [2.75, 3.05) is 18.4 Å². The number of sulfone groups is 1. The van der Waals surface area contributed by atoms with Gasteiger partial charge in [0.15, 0.2) is 9.84 Å². The summed E-state index contributed by atoms with van der Waals surface area (Å²) in [5.74, 6) is -0.433. The molecule has 0 aliphatic carbocycles. The van der Waals surface area contributed by atoms with E-state index in [1.807, 2.05) is 0 Å². The van der Waals surface area contributed by atoms with Gasteiger partial charge >= 0.3 is 6.01 Å². The third-order valence-corrected chi connectivity index (χ3v) is 9.85. The Bertz CT molecular complexity index is 1410. The highest BCUT2D eigenvalue weighted by atomic mass is 32.2. The van der Waals surface area contributed by atoms with Crippen molar-refractivity contribution in [1.82, 2.24) is 14.5 Å². The Balaban J connectivity index is 1.44. The van der Waals surface area contributed by atoms with Crippen LogP contribution in [0, 0.1) is 0 Å². The first-order valence-corrected chi connectivity index (χ1v) is 14.2. The highest BCUT2D eigenvalue weighted by Crippen LogP contribution is 2.24. The summed E-state index contributed by atoms with van der Waals surface area (Å²) in [5, 5.41) is 9.64. The summed E-state index contributed by atoms with van der Waals surface area (Å²) in [7, 11) is -6.99. The number of piperidine rings is 1. The fourth-order valence-corrected chi connectivity index (χ4v) is 6.23. The summed E-state index contributed by atoms with van der Waals surface area (Å²) < 4.78 is 57.0. The van der Waals surface area contributed by atoms with Crippen LogP contribution in [0.3, 0.4) is 0 Å². The van der Waals surface area contributed by atoms with Crippen LogP contribution >= 0.6 is 0 Å². The number of nitrogens with zero attached hydrogens (tertiary/aromatic N) is 3. The van der Waals surface area contributed by atoms with Crippen LogP contribution in [0.4, 0.5) is 6.01 Å². The Morgan fingerprint density at radius 1 is 0.886 bits per heavy atom. The molecule has 1 N–H and O–H groups in total. The number of benzene rings is 2. The van der Waals surface area contributed by atoms with Crippen LogP contribution < -0.4 is 5.32 Å². The molecule has 186 valence electrons. The number of hydrogen-bond acceptors (Lipinski definition) is 8. The lowest BCUT2D eigenvalue weighted by Gasteiger charge is -2.25. The van der Waals surface area contributed by atoms with E-state index in [-0.39, 0.29) is 27.3 Å². The Kier molecular flexibility index (Phi) is 7.06. The van der Waals surface area contributed by atoms with Crippen molar-refractivity contribution in [1.29, 1.82) is 0 Å². The van der Waals surface area contributed by atoms with Gasteiger partial charge in [-0.25, -0.2) is 16.8 Å². The molecule has 0 atom stereocenters. The SMILES string of the molecule is CC(C)S(=O)(=O)c1ccc(-c2nnc(NC(=O)c3ccc(S(=O)(=O)N4CCCCC4)cc3)o2)cc1. The maximum atomic E-state index is 12.8. The van der Waals surface area contributed by atoms with E-state index in [4.69, 9.17) is 4.42 Å². The van der Waals surface area contributed by atoms with E-state index in [2.05, 4.69) is 15.5 Å². The van der Waals surface area contributed by atoms with Gasteiger partial charge in [0.05, 0.1) is 15.0 Å². The third-order valence-electron chi connectivity index (χ3n) is 5.77. The van der Waals surface area contributed by atoms with Crippen LogP contribution in [-0.2, 0) is 19.9 Å². The average Bonchev–Trinajstić information content (AvgIpc) is 3.33. The summed E-state index contributed by atoms with van der Waals surface area (Å²) in [4.78, 5) is 12.9. The summed E-state index contributed by atoms with van der Waals surface area (Å²) in [5.41, 5.74) is 0.721. The van der Waals surface area contributed by atoms with Gasteiger partial charge in [-0.3, -0.25) is 10.1 Å². The highest BCUT2D eigenvalue weighted by Gasteiger charge is 2.26. The number of carbonyl (C=O) groups excluding carboxylic acids is 1. The van der Waals surface area contributed by atoms with Gasteiger partial charge in [-0.05, 0) is 75.2 Å². The number of aromatic nitrogens is 2. The van der Waals surface area contributed by atoms with E-state index in [0.717, 1.165) is 19.3 Å². The fraction of sp³-hybridized carbons (Fsp3) is 0.348. The number of carbonyl (C=O) groups is 1. The van der Waals surface area contributed by atoms with E-state index >= 15 is 0 Å². The molecule has 12 heteroatoms. The van der Waals surface area contributed by atoms with Gasteiger partial charge in [0.25, 0.3) is 5.91 Å². The van der Waals surface area contributed by atoms with Gasteiger partial charge < -0.3 is 4.42 Å². The minimum absolute atomic E-state index is 0.108. The predicted octanol–water partition coefficient (Wildman–Crippen LogP) is 3.35. The third kappa shape index (κ3) is 5.29. The van der Waals surface area contributed by atoms with Crippen molar-refractivity contribution < 1.29 is 26.0 Å². The maximum absolute atomic E-state index is 12.8.